The van der Waals surface area contributed by atoms with Crippen LogP contribution in [0.2, 0.25) is 0 Å². The maximum absolute atomic E-state index is 6.78. The van der Waals surface area contributed by atoms with E-state index < -0.39 is 0 Å². The summed E-state index contributed by atoms with van der Waals surface area (Å²) in [6.45, 7) is 0. The Hall–Kier alpha value is -8.46. The molecule has 0 saturated heterocycles. The number of anilines is 3. The number of hydrogen-bond acceptors (Lipinski definition) is 2. The van der Waals surface area contributed by atoms with Crippen LogP contribution >= 0.6 is 0 Å². The van der Waals surface area contributed by atoms with Gasteiger partial charge >= 0.3 is 0 Å². The number of rotatable bonds is 8. The molecule has 1 heterocycles. The fraction of sp³-hybridized carbons (Fsp3) is 0. The van der Waals surface area contributed by atoms with E-state index in [9.17, 15) is 0 Å². The normalized spacial score (nSPS) is 11.4. The minimum Gasteiger partial charge on any atom is -0.455 e. The molecule has 0 aliphatic carbocycles. The zero-order chi connectivity index (χ0) is 42.4. The fourth-order valence-corrected chi connectivity index (χ4v) is 9.53. The molecule has 0 N–H and O–H groups in total. The van der Waals surface area contributed by atoms with E-state index in [4.69, 9.17) is 4.42 Å². The van der Waals surface area contributed by atoms with Crippen LogP contribution in [-0.4, -0.2) is 0 Å². The predicted octanol–water partition coefficient (Wildman–Crippen LogP) is 17.7. The van der Waals surface area contributed by atoms with Gasteiger partial charge in [0.25, 0.3) is 0 Å². The van der Waals surface area contributed by atoms with Gasteiger partial charge in [-0.15, -0.1) is 0 Å². The number of nitrogens with zero attached hydrogens (tertiary/aromatic N) is 1. The Morgan fingerprint density at radius 2 is 0.750 bits per heavy atom. The van der Waals surface area contributed by atoms with E-state index in [0.717, 1.165) is 55.7 Å². The molecule has 0 saturated carbocycles. The van der Waals surface area contributed by atoms with Crippen LogP contribution in [0.15, 0.2) is 253 Å². The lowest BCUT2D eigenvalue weighted by Crippen LogP contribution is -2.10. The van der Waals surface area contributed by atoms with Crippen LogP contribution in [0.1, 0.15) is 0 Å². The fourth-order valence-electron chi connectivity index (χ4n) is 9.53. The number of furan rings is 1. The van der Waals surface area contributed by atoms with Crippen LogP contribution in [0, 0.1) is 0 Å². The molecule has 0 aliphatic rings. The SMILES string of the molecule is c1ccc(-c2ccc(N(c3ccc(-c4ccc5ccccc5c4)cc3)c3ccc(-c4ccccc4-c4ccccc4-c4ccc5ccccc5c4)cc3)c3c2oc2ccccc23)cc1. The lowest BCUT2D eigenvalue weighted by Gasteiger charge is -2.27. The summed E-state index contributed by atoms with van der Waals surface area (Å²) < 4.78 is 6.78. The van der Waals surface area contributed by atoms with Crippen molar-refractivity contribution in [3.8, 4) is 55.6 Å². The molecule has 12 rings (SSSR count). The summed E-state index contributed by atoms with van der Waals surface area (Å²) in [7, 11) is 0. The molecule has 0 aliphatic heterocycles. The Kier molecular flexibility index (Phi) is 9.20. The van der Waals surface area contributed by atoms with Gasteiger partial charge in [-0.1, -0.05) is 194 Å². The third-order valence-electron chi connectivity index (χ3n) is 12.7. The van der Waals surface area contributed by atoms with E-state index in [0.29, 0.717) is 0 Å². The maximum atomic E-state index is 6.78. The highest BCUT2D eigenvalue weighted by atomic mass is 16.3. The highest BCUT2D eigenvalue weighted by molar-refractivity contribution is 6.17. The second-order valence-corrected chi connectivity index (χ2v) is 16.4. The van der Waals surface area contributed by atoms with E-state index in [1.165, 1.54) is 60.5 Å². The average Bonchev–Trinajstić information content (AvgIpc) is 3.77. The van der Waals surface area contributed by atoms with E-state index in [1.807, 2.05) is 6.07 Å². The molecule has 0 spiro atoms. The molecule has 11 aromatic carbocycles. The quantitative estimate of drug-likeness (QED) is 0.152. The monoisotopic (exact) mass is 815 g/mol. The van der Waals surface area contributed by atoms with Crippen LogP contribution in [0.3, 0.4) is 0 Å². The van der Waals surface area contributed by atoms with Crippen LogP contribution < -0.4 is 4.90 Å². The molecule has 0 fully saturated rings. The summed E-state index contributed by atoms with van der Waals surface area (Å²) in [6.07, 6.45) is 0. The van der Waals surface area contributed by atoms with Gasteiger partial charge in [-0.25, -0.2) is 0 Å². The first-order valence-electron chi connectivity index (χ1n) is 21.9. The Bertz CT molecular complexity index is 3660. The molecule has 0 bridgehead atoms. The lowest BCUT2D eigenvalue weighted by molar-refractivity contribution is 0.670. The van der Waals surface area contributed by atoms with E-state index in [1.54, 1.807) is 0 Å². The first-order valence-corrected chi connectivity index (χ1v) is 21.9. The molecule has 0 amide bonds. The molecular weight excluding hydrogens is 775 g/mol. The molecular formula is C62H41NO. The molecule has 0 unspecified atom stereocenters. The number of hydrogen-bond donors (Lipinski definition) is 0. The highest BCUT2D eigenvalue weighted by Gasteiger charge is 2.23. The van der Waals surface area contributed by atoms with Crippen molar-refractivity contribution in [3.05, 3.63) is 249 Å². The standard InChI is InChI=1S/C62H41NO/c1-2-16-45(17-3-1)55-38-39-59(61-58-24-12-13-25-60(58)64-62(55)61)63(51-34-30-44(31-35-51)49-28-26-42-14-4-6-18-47(42)40-49)52-36-32-46(33-37-52)53-20-8-10-22-56(53)57-23-11-9-21-54(57)50-29-27-43-15-5-7-19-48(43)41-50/h1-41H. The molecule has 2 heteroatoms. The zero-order valence-corrected chi connectivity index (χ0v) is 35.0. The third-order valence-corrected chi connectivity index (χ3v) is 12.7. The molecule has 1 aromatic heterocycles. The molecule has 64 heavy (non-hydrogen) atoms. The van der Waals surface area contributed by atoms with Crippen molar-refractivity contribution in [1.29, 1.82) is 0 Å². The van der Waals surface area contributed by atoms with E-state index >= 15 is 0 Å². The van der Waals surface area contributed by atoms with Gasteiger partial charge in [-0.3, -0.25) is 0 Å². The van der Waals surface area contributed by atoms with Crippen LogP contribution in [0.25, 0.3) is 99.1 Å². The first kappa shape index (κ1) is 37.3. The van der Waals surface area contributed by atoms with Crippen molar-refractivity contribution < 1.29 is 4.42 Å². The Labute approximate surface area is 372 Å². The molecule has 0 atom stereocenters. The smallest absolute Gasteiger partial charge is 0.145 e. The second kappa shape index (κ2) is 15.8. The number of para-hydroxylation sites is 1. The summed E-state index contributed by atoms with van der Waals surface area (Å²) in [6, 6.07) is 89.6. The Balaban J connectivity index is 0.997. The summed E-state index contributed by atoms with van der Waals surface area (Å²) in [4.78, 5) is 2.38. The zero-order valence-electron chi connectivity index (χ0n) is 35.0. The average molecular weight is 816 g/mol. The first-order chi connectivity index (χ1) is 31.7. The summed E-state index contributed by atoms with van der Waals surface area (Å²) >= 11 is 0. The van der Waals surface area contributed by atoms with Crippen molar-refractivity contribution in [2.45, 2.75) is 0 Å². The van der Waals surface area contributed by atoms with Gasteiger partial charge in [0, 0.05) is 22.3 Å². The van der Waals surface area contributed by atoms with Crippen molar-refractivity contribution >= 4 is 60.5 Å². The second-order valence-electron chi connectivity index (χ2n) is 16.4. The minimum absolute atomic E-state index is 0.865. The van der Waals surface area contributed by atoms with Gasteiger partial charge in [0.1, 0.15) is 11.2 Å². The summed E-state index contributed by atoms with van der Waals surface area (Å²) in [5, 5.41) is 7.12. The number of benzene rings is 11. The molecule has 2 nitrogen and oxygen atoms in total. The van der Waals surface area contributed by atoms with Gasteiger partial charge in [-0.2, -0.15) is 0 Å². The van der Waals surface area contributed by atoms with Gasteiger partial charge in [0.05, 0.1) is 11.1 Å². The lowest BCUT2D eigenvalue weighted by atomic mass is 9.89. The summed E-state index contributed by atoms with van der Waals surface area (Å²) in [5.74, 6) is 0. The molecule has 12 aromatic rings. The van der Waals surface area contributed by atoms with E-state index in [-0.39, 0.29) is 0 Å². The topological polar surface area (TPSA) is 16.4 Å². The van der Waals surface area contributed by atoms with Crippen molar-refractivity contribution in [2.24, 2.45) is 0 Å². The highest BCUT2D eigenvalue weighted by Crippen LogP contribution is 2.47. The Morgan fingerprint density at radius 3 is 1.41 bits per heavy atom. The molecule has 300 valence electrons. The van der Waals surface area contributed by atoms with E-state index in [2.05, 4.69) is 248 Å². The molecule has 0 radical (unpaired) electrons. The van der Waals surface area contributed by atoms with Crippen LogP contribution in [-0.2, 0) is 0 Å². The summed E-state index contributed by atoms with van der Waals surface area (Å²) in [5.41, 5.74) is 16.6. The Morgan fingerprint density at radius 1 is 0.281 bits per heavy atom. The van der Waals surface area contributed by atoms with Crippen LogP contribution in [0.5, 0.6) is 0 Å². The van der Waals surface area contributed by atoms with Crippen LogP contribution in [0.4, 0.5) is 17.1 Å². The predicted molar refractivity (Wildman–Crippen MR) is 271 cm³/mol. The van der Waals surface area contributed by atoms with Gasteiger partial charge in [-0.05, 0) is 126 Å². The number of fused-ring (bicyclic) bond motifs is 5. The van der Waals surface area contributed by atoms with Crippen molar-refractivity contribution in [1.82, 2.24) is 0 Å². The largest absolute Gasteiger partial charge is 0.455 e. The van der Waals surface area contributed by atoms with Crippen molar-refractivity contribution in [2.75, 3.05) is 4.90 Å². The third kappa shape index (κ3) is 6.61. The van der Waals surface area contributed by atoms with Crippen molar-refractivity contribution in [3.63, 3.8) is 0 Å². The minimum atomic E-state index is 0.865. The van der Waals surface area contributed by atoms with Gasteiger partial charge in [0.15, 0.2) is 0 Å². The maximum Gasteiger partial charge on any atom is 0.145 e. The van der Waals surface area contributed by atoms with Gasteiger partial charge < -0.3 is 9.32 Å². The van der Waals surface area contributed by atoms with Gasteiger partial charge in [0.2, 0.25) is 0 Å².